The number of ketones is 1. The maximum absolute atomic E-state index is 12.6. The van der Waals surface area contributed by atoms with Crippen LogP contribution in [0.15, 0.2) is 0 Å². The lowest BCUT2D eigenvalue weighted by Crippen LogP contribution is -2.55. The Bertz CT molecular complexity index is 568. The Morgan fingerprint density at radius 1 is 0.920 bits per heavy atom. The van der Waals surface area contributed by atoms with E-state index in [-0.39, 0.29) is 5.41 Å². The molecule has 1 nitrogen and oxygen atoms in total. The highest BCUT2D eigenvalue weighted by Crippen LogP contribution is 2.68. The Hall–Kier alpha value is 0.370. The van der Waals surface area contributed by atoms with E-state index in [2.05, 4.69) is 37.4 Å². The smallest absolute Gasteiger partial charge is 0.139 e. The van der Waals surface area contributed by atoms with Crippen LogP contribution in [-0.2, 0) is 4.79 Å². The first-order valence-corrected chi connectivity index (χ1v) is 12.8. The summed E-state index contributed by atoms with van der Waals surface area (Å²) in [5.74, 6) is 6.81. The van der Waals surface area contributed by atoms with Crippen molar-refractivity contribution in [2.45, 2.75) is 82.1 Å². The number of carbonyl (C=O) groups excluding carboxylic acids is 1. The average molecular weight is 379 g/mol. The lowest BCUT2D eigenvalue weighted by atomic mass is 9.45. The summed E-state index contributed by atoms with van der Waals surface area (Å²) >= 11 is 4.61. The van der Waals surface area contributed by atoms with Gasteiger partial charge < -0.3 is 0 Å². The molecule has 4 saturated carbocycles. The lowest BCUT2D eigenvalue weighted by Gasteiger charge is -2.62. The van der Waals surface area contributed by atoms with Gasteiger partial charge in [0, 0.05) is 11.8 Å². The number of carbonyl (C=O) groups is 1. The van der Waals surface area contributed by atoms with E-state index in [0.29, 0.717) is 21.2 Å². The molecule has 1 aliphatic heterocycles. The molecule has 0 radical (unpaired) electrons. The fourth-order valence-corrected chi connectivity index (χ4v) is 11.3. The van der Waals surface area contributed by atoms with Gasteiger partial charge in [-0.15, -0.1) is 23.5 Å². The fraction of sp³-hybridized carbons (Fsp3) is 0.955. The highest BCUT2D eigenvalue weighted by molar-refractivity contribution is 8.18. The summed E-state index contributed by atoms with van der Waals surface area (Å²) in [6.45, 7) is 4.99. The summed E-state index contributed by atoms with van der Waals surface area (Å²) in [5, 5.41) is 0. The zero-order chi connectivity index (χ0) is 17.3. The topological polar surface area (TPSA) is 17.1 Å². The summed E-state index contributed by atoms with van der Waals surface area (Å²) in [5.41, 5.74) is 0.620. The Morgan fingerprint density at radius 3 is 2.52 bits per heavy atom. The maximum atomic E-state index is 12.6. The molecule has 1 spiro atoms. The molecule has 25 heavy (non-hydrogen) atoms. The third-order valence-corrected chi connectivity index (χ3v) is 12.9. The van der Waals surface area contributed by atoms with E-state index in [1.807, 2.05) is 0 Å². The molecule has 4 aliphatic carbocycles. The summed E-state index contributed by atoms with van der Waals surface area (Å²) in [7, 11) is 0. The minimum Gasteiger partial charge on any atom is -0.299 e. The Balaban J connectivity index is 1.40. The summed E-state index contributed by atoms with van der Waals surface area (Å²) < 4.78 is 0.571. The van der Waals surface area contributed by atoms with Crippen LogP contribution in [0.5, 0.6) is 0 Å². The Morgan fingerprint density at radius 2 is 1.72 bits per heavy atom. The molecule has 0 aromatic heterocycles. The largest absolute Gasteiger partial charge is 0.299 e. The van der Waals surface area contributed by atoms with Crippen LogP contribution in [0.4, 0.5) is 0 Å². The number of fused-ring (bicyclic) bond motifs is 5. The van der Waals surface area contributed by atoms with E-state index in [9.17, 15) is 4.79 Å². The SMILES string of the molecule is C[C@]12CCC3(CC1CCC1C2CC[C@]2(C)C(=O)CCC12)SCCCS3. The number of rotatable bonds is 0. The van der Waals surface area contributed by atoms with Gasteiger partial charge in [-0.2, -0.15) is 0 Å². The molecule has 0 bridgehead atoms. The first kappa shape index (κ1) is 17.5. The molecular weight excluding hydrogens is 344 g/mol. The van der Waals surface area contributed by atoms with Gasteiger partial charge in [0.05, 0.1) is 4.08 Å². The van der Waals surface area contributed by atoms with Gasteiger partial charge in [-0.25, -0.2) is 0 Å². The first-order chi connectivity index (χ1) is 12.0. The van der Waals surface area contributed by atoms with Crippen molar-refractivity contribution in [2.75, 3.05) is 11.5 Å². The van der Waals surface area contributed by atoms with Gasteiger partial charge in [0.2, 0.25) is 0 Å². The van der Waals surface area contributed by atoms with Gasteiger partial charge in [0.25, 0.3) is 0 Å². The second kappa shape index (κ2) is 5.93. The van der Waals surface area contributed by atoms with E-state index in [1.54, 1.807) is 0 Å². The van der Waals surface area contributed by atoms with Crippen molar-refractivity contribution in [3.63, 3.8) is 0 Å². The highest BCUT2D eigenvalue weighted by atomic mass is 32.2. The highest BCUT2D eigenvalue weighted by Gasteiger charge is 2.61. The third-order valence-electron chi connectivity index (χ3n) is 9.40. The van der Waals surface area contributed by atoms with Crippen molar-refractivity contribution in [3.05, 3.63) is 0 Å². The normalized spacial score (nSPS) is 51.7. The third kappa shape index (κ3) is 2.46. The molecule has 0 amide bonds. The zero-order valence-corrected chi connectivity index (χ0v) is 17.7. The van der Waals surface area contributed by atoms with Crippen LogP contribution in [0.1, 0.15) is 78.1 Å². The van der Waals surface area contributed by atoms with Crippen LogP contribution in [0.3, 0.4) is 0 Å². The number of Topliss-reactive ketones (excluding diaryl/α,β-unsaturated/α-hetero) is 1. The molecule has 1 heterocycles. The van der Waals surface area contributed by atoms with E-state index in [4.69, 9.17) is 0 Å². The molecule has 4 unspecified atom stereocenters. The zero-order valence-electron chi connectivity index (χ0n) is 16.0. The summed E-state index contributed by atoms with van der Waals surface area (Å²) in [6, 6.07) is 0. The molecule has 0 aromatic carbocycles. The van der Waals surface area contributed by atoms with Crippen LogP contribution in [0.25, 0.3) is 0 Å². The van der Waals surface area contributed by atoms with Crippen molar-refractivity contribution in [1.82, 2.24) is 0 Å². The molecule has 1 saturated heterocycles. The molecule has 5 fully saturated rings. The average Bonchev–Trinajstić information content (AvgIpc) is 2.92. The fourth-order valence-electron chi connectivity index (χ4n) is 7.85. The summed E-state index contributed by atoms with van der Waals surface area (Å²) in [4.78, 5) is 12.6. The molecular formula is C22H34OS2. The monoisotopic (exact) mass is 378 g/mol. The van der Waals surface area contributed by atoms with Crippen molar-refractivity contribution in [3.8, 4) is 0 Å². The minimum absolute atomic E-state index is 0.0509. The van der Waals surface area contributed by atoms with Crippen LogP contribution in [-0.4, -0.2) is 21.4 Å². The van der Waals surface area contributed by atoms with Gasteiger partial charge in [0.15, 0.2) is 0 Å². The Kier molecular flexibility index (Phi) is 4.14. The predicted molar refractivity (Wildman–Crippen MR) is 109 cm³/mol. The molecule has 0 N–H and O–H groups in total. The lowest BCUT2D eigenvalue weighted by molar-refractivity contribution is -0.138. The molecule has 6 atom stereocenters. The standard InChI is InChI=1S/C22H34OS2/c1-20-10-11-22(24-12-3-13-25-22)14-15(20)4-5-16-17-6-7-19(23)21(17,2)9-8-18(16)20/h15-18H,3-14H2,1-2H3/t15?,16?,17?,18?,20-,21-/m0/s1. The Labute approximate surface area is 162 Å². The molecule has 5 aliphatic rings. The van der Waals surface area contributed by atoms with E-state index >= 15 is 0 Å². The predicted octanol–water partition coefficient (Wildman–Crippen LogP) is 6.16. The minimum atomic E-state index is 0.0509. The van der Waals surface area contributed by atoms with E-state index in [1.165, 1.54) is 69.3 Å². The van der Waals surface area contributed by atoms with Gasteiger partial charge in [-0.3, -0.25) is 4.79 Å². The molecule has 140 valence electrons. The van der Waals surface area contributed by atoms with Crippen molar-refractivity contribution < 1.29 is 4.79 Å². The van der Waals surface area contributed by atoms with Crippen LogP contribution >= 0.6 is 23.5 Å². The molecule has 0 aromatic rings. The van der Waals surface area contributed by atoms with Crippen LogP contribution in [0.2, 0.25) is 0 Å². The molecule has 3 heteroatoms. The number of thioether (sulfide) groups is 2. The van der Waals surface area contributed by atoms with Crippen LogP contribution < -0.4 is 0 Å². The van der Waals surface area contributed by atoms with E-state index < -0.39 is 0 Å². The van der Waals surface area contributed by atoms with Gasteiger partial charge in [-0.05, 0) is 98.4 Å². The van der Waals surface area contributed by atoms with Crippen molar-refractivity contribution in [1.29, 1.82) is 0 Å². The number of hydrogen-bond donors (Lipinski definition) is 0. The second-order valence-corrected chi connectivity index (χ2v) is 13.5. The van der Waals surface area contributed by atoms with Crippen molar-refractivity contribution in [2.24, 2.45) is 34.5 Å². The first-order valence-electron chi connectivity index (χ1n) is 10.8. The quantitative estimate of drug-likeness (QED) is 0.502. The van der Waals surface area contributed by atoms with Gasteiger partial charge in [-0.1, -0.05) is 13.8 Å². The molecule has 5 rings (SSSR count). The van der Waals surface area contributed by atoms with E-state index in [0.717, 1.165) is 24.2 Å². The number of hydrogen-bond acceptors (Lipinski definition) is 3. The second-order valence-electron chi connectivity index (χ2n) is 10.2. The van der Waals surface area contributed by atoms with Gasteiger partial charge >= 0.3 is 0 Å². The van der Waals surface area contributed by atoms with Gasteiger partial charge in [0.1, 0.15) is 5.78 Å². The summed E-state index contributed by atoms with van der Waals surface area (Å²) in [6.07, 6.45) is 13.3. The van der Waals surface area contributed by atoms with Crippen molar-refractivity contribution >= 4 is 29.3 Å². The van der Waals surface area contributed by atoms with Crippen LogP contribution in [0, 0.1) is 34.5 Å². The maximum Gasteiger partial charge on any atom is 0.139 e.